The van der Waals surface area contributed by atoms with Crippen LogP contribution in [-0.2, 0) is 21.2 Å². The van der Waals surface area contributed by atoms with Crippen LogP contribution in [0.3, 0.4) is 0 Å². The number of rotatable bonds is 8. The standard InChI is InChI=1S/C22H30N4O4S/c1-3-30-22(27)20-16-24-17(2)25-21(20)23-13-12-18-8-10-19(11-9-18)31(28,29)26-14-6-4-5-7-15-26/h8-11,16H,3-7,12-15H2,1-2H3,(H,23,24,25). The van der Waals surface area contributed by atoms with E-state index in [0.29, 0.717) is 48.2 Å². The van der Waals surface area contributed by atoms with Crippen molar-refractivity contribution in [2.45, 2.75) is 50.8 Å². The van der Waals surface area contributed by atoms with Gasteiger partial charge in [0.05, 0.1) is 11.5 Å². The van der Waals surface area contributed by atoms with E-state index >= 15 is 0 Å². The van der Waals surface area contributed by atoms with Crippen LogP contribution in [-0.4, -0.2) is 54.9 Å². The second-order valence-electron chi connectivity index (χ2n) is 7.54. The molecule has 1 aliphatic heterocycles. The van der Waals surface area contributed by atoms with E-state index in [1.54, 1.807) is 30.3 Å². The van der Waals surface area contributed by atoms with Crippen LogP contribution >= 0.6 is 0 Å². The molecule has 0 saturated carbocycles. The number of nitrogens with zero attached hydrogens (tertiary/aromatic N) is 3. The number of carbonyl (C=O) groups excluding carboxylic acids is 1. The molecule has 1 aromatic carbocycles. The van der Waals surface area contributed by atoms with Gasteiger partial charge in [0, 0.05) is 25.8 Å². The van der Waals surface area contributed by atoms with Gasteiger partial charge in [0.25, 0.3) is 0 Å². The molecule has 1 aromatic heterocycles. The van der Waals surface area contributed by atoms with Gasteiger partial charge < -0.3 is 10.1 Å². The number of sulfonamides is 1. The quantitative estimate of drug-likeness (QED) is 0.622. The van der Waals surface area contributed by atoms with Crippen molar-refractivity contribution in [2.75, 3.05) is 31.6 Å². The lowest BCUT2D eigenvalue weighted by Gasteiger charge is -2.20. The van der Waals surface area contributed by atoms with Gasteiger partial charge in [0.15, 0.2) is 0 Å². The van der Waals surface area contributed by atoms with Crippen molar-refractivity contribution in [3.05, 3.63) is 47.4 Å². The highest BCUT2D eigenvalue weighted by molar-refractivity contribution is 7.89. The zero-order valence-electron chi connectivity index (χ0n) is 18.1. The van der Waals surface area contributed by atoms with Crippen LogP contribution in [0.25, 0.3) is 0 Å². The SMILES string of the molecule is CCOC(=O)c1cnc(C)nc1NCCc1ccc(S(=O)(=O)N2CCCCCC2)cc1. The third-order valence-corrected chi connectivity index (χ3v) is 7.15. The second-order valence-corrected chi connectivity index (χ2v) is 9.48. The van der Waals surface area contributed by atoms with Crippen molar-refractivity contribution in [1.82, 2.24) is 14.3 Å². The number of benzene rings is 1. The molecule has 1 aliphatic rings. The third kappa shape index (κ3) is 6.01. The Labute approximate surface area is 184 Å². The van der Waals surface area contributed by atoms with Gasteiger partial charge in [-0.1, -0.05) is 25.0 Å². The number of aryl methyl sites for hydroxylation is 1. The smallest absolute Gasteiger partial charge is 0.343 e. The van der Waals surface area contributed by atoms with Crippen molar-refractivity contribution in [3.63, 3.8) is 0 Å². The number of aromatic nitrogens is 2. The highest BCUT2D eigenvalue weighted by Gasteiger charge is 2.24. The molecule has 31 heavy (non-hydrogen) atoms. The number of esters is 1. The molecule has 0 aliphatic carbocycles. The van der Waals surface area contributed by atoms with Crippen LogP contribution in [0.1, 0.15) is 54.4 Å². The van der Waals surface area contributed by atoms with Crippen LogP contribution in [0.2, 0.25) is 0 Å². The molecule has 3 rings (SSSR count). The molecule has 0 bridgehead atoms. The van der Waals surface area contributed by atoms with E-state index in [-0.39, 0.29) is 6.61 Å². The summed E-state index contributed by atoms with van der Waals surface area (Å²) in [5.74, 6) is 0.526. The molecule has 9 heteroatoms. The van der Waals surface area contributed by atoms with Crippen LogP contribution in [0.15, 0.2) is 35.4 Å². The summed E-state index contributed by atoms with van der Waals surface area (Å²) in [6, 6.07) is 7.02. The van der Waals surface area contributed by atoms with Gasteiger partial charge in [0.1, 0.15) is 17.2 Å². The lowest BCUT2D eigenvalue weighted by atomic mass is 10.1. The summed E-state index contributed by atoms with van der Waals surface area (Å²) in [6.07, 6.45) is 6.11. The Morgan fingerprint density at radius 1 is 1.13 bits per heavy atom. The molecule has 0 unspecified atom stereocenters. The van der Waals surface area contributed by atoms with E-state index in [0.717, 1.165) is 31.2 Å². The lowest BCUT2D eigenvalue weighted by molar-refractivity contribution is 0.0526. The molecule has 2 aromatic rings. The molecule has 1 fully saturated rings. The second kappa shape index (κ2) is 10.7. The Bertz CT molecular complexity index is 985. The molecule has 168 valence electrons. The van der Waals surface area contributed by atoms with Crippen LogP contribution < -0.4 is 5.32 Å². The van der Waals surface area contributed by atoms with Gasteiger partial charge >= 0.3 is 5.97 Å². The number of hydrogen-bond acceptors (Lipinski definition) is 7. The van der Waals surface area contributed by atoms with Gasteiger partial charge in [0.2, 0.25) is 10.0 Å². The molecule has 0 amide bonds. The Hall–Kier alpha value is -2.52. The number of anilines is 1. The van der Waals surface area contributed by atoms with Gasteiger partial charge in [-0.2, -0.15) is 4.31 Å². The maximum Gasteiger partial charge on any atom is 0.343 e. The minimum absolute atomic E-state index is 0.277. The Morgan fingerprint density at radius 3 is 2.45 bits per heavy atom. The largest absolute Gasteiger partial charge is 0.462 e. The van der Waals surface area contributed by atoms with E-state index in [2.05, 4.69) is 15.3 Å². The highest BCUT2D eigenvalue weighted by atomic mass is 32.2. The average Bonchev–Trinajstić information content (AvgIpc) is 3.05. The topological polar surface area (TPSA) is 101 Å². The number of carbonyl (C=O) groups is 1. The summed E-state index contributed by atoms with van der Waals surface area (Å²) in [5, 5.41) is 3.17. The summed E-state index contributed by atoms with van der Waals surface area (Å²) in [7, 11) is -3.44. The predicted molar refractivity (Wildman–Crippen MR) is 119 cm³/mol. The van der Waals surface area contributed by atoms with Gasteiger partial charge in [-0.15, -0.1) is 0 Å². The molecule has 0 atom stereocenters. The predicted octanol–water partition coefficient (Wildman–Crippen LogP) is 3.18. The molecule has 1 N–H and O–H groups in total. The Kier molecular flexibility index (Phi) is 7.97. The number of nitrogens with one attached hydrogen (secondary N) is 1. The lowest BCUT2D eigenvalue weighted by Crippen LogP contribution is -2.31. The van der Waals surface area contributed by atoms with Crippen molar-refractivity contribution >= 4 is 21.8 Å². The first kappa shape index (κ1) is 23.1. The fourth-order valence-electron chi connectivity index (χ4n) is 3.55. The van der Waals surface area contributed by atoms with Crippen molar-refractivity contribution in [1.29, 1.82) is 0 Å². The van der Waals surface area contributed by atoms with Crippen molar-refractivity contribution in [2.24, 2.45) is 0 Å². The van der Waals surface area contributed by atoms with E-state index in [1.807, 2.05) is 12.1 Å². The molecule has 0 radical (unpaired) electrons. The first-order valence-electron chi connectivity index (χ1n) is 10.8. The molecule has 8 nitrogen and oxygen atoms in total. The van der Waals surface area contributed by atoms with E-state index in [9.17, 15) is 13.2 Å². The Morgan fingerprint density at radius 2 is 1.81 bits per heavy atom. The van der Waals surface area contributed by atoms with Crippen LogP contribution in [0, 0.1) is 6.92 Å². The third-order valence-electron chi connectivity index (χ3n) is 5.24. The van der Waals surface area contributed by atoms with Crippen LogP contribution in [0.4, 0.5) is 5.82 Å². The molecule has 0 spiro atoms. The van der Waals surface area contributed by atoms with Crippen molar-refractivity contribution in [3.8, 4) is 0 Å². The fourth-order valence-corrected chi connectivity index (χ4v) is 5.06. The zero-order chi connectivity index (χ0) is 22.3. The fraction of sp³-hybridized carbons (Fsp3) is 0.500. The monoisotopic (exact) mass is 446 g/mol. The van der Waals surface area contributed by atoms with E-state index < -0.39 is 16.0 Å². The Balaban J connectivity index is 1.62. The summed E-state index contributed by atoms with van der Waals surface area (Å²) < 4.78 is 32.4. The first-order valence-corrected chi connectivity index (χ1v) is 12.2. The summed E-state index contributed by atoms with van der Waals surface area (Å²) in [4.78, 5) is 20.8. The minimum Gasteiger partial charge on any atom is -0.462 e. The summed E-state index contributed by atoms with van der Waals surface area (Å²) >= 11 is 0. The highest BCUT2D eigenvalue weighted by Crippen LogP contribution is 2.21. The van der Waals surface area contributed by atoms with E-state index in [1.165, 1.54) is 6.20 Å². The van der Waals surface area contributed by atoms with Gasteiger partial charge in [-0.3, -0.25) is 0 Å². The van der Waals surface area contributed by atoms with Crippen LogP contribution in [0.5, 0.6) is 0 Å². The normalized spacial score (nSPS) is 15.3. The van der Waals surface area contributed by atoms with Crippen molar-refractivity contribution < 1.29 is 17.9 Å². The zero-order valence-corrected chi connectivity index (χ0v) is 19.0. The minimum atomic E-state index is -3.44. The summed E-state index contributed by atoms with van der Waals surface area (Å²) in [5.41, 5.74) is 1.29. The number of ether oxygens (including phenoxy) is 1. The first-order chi connectivity index (χ1) is 14.9. The molecular weight excluding hydrogens is 416 g/mol. The molecule has 2 heterocycles. The summed E-state index contributed by atoms with van der Waals surface area (Å²) in [6.45, 7) is 5.49. The molecule has 1 saturated heterocycles. The maximum atomic E-state index is 12.9. The maximum absolute atomic E-state index is 12.9. The average molecular weight is 447 g/mol. The molecular formula is C22H30N4O4S. The van der Waals surface area contributed by atoms with E-state index in [4.69, 9.17) is 4.74 Å². The van der Waals surface area contributed by atoms with Gasteiger partial charge in [-0.25, -0.2) is 23.2 Å². The number of hydrogen-bond donors (Lipinski definition) is 1. The van der Waals surface area contributed by atoms with Gasteiger partial charge in [-0.05, 0) is 50.8 Å².